The Morgan fingerprint density at radius 3 is 2.36 bits per heavy atom. The Balaban J connectivity index is 1.59. The fraction of sp³-hybridized carbons (Fsp3) is 0.192. The summed E-state index contributed by atoms with van der Waals surface area (Å²) in [6.07, 6.45) is -4.68. The van der Waals surface area contributed by atoms with Gasteiger partial charge in [0.15, 0.2) is 5.82 Å². The number of ether oxygens (including phenoxy) is 1. The highest BCUT2D eigenvalue weighted by Gasteiger charge is 2.31. The zero-order valence-corrected chi connectivity index (χ0v) is 19.4. The van der Waals surface area contributed by atoms with Gasteiger partial charge in [0.25, 0.3) is 0 Å². The van der Waals surface area contributed by atoms with Gasteiger partial charge >= 0.3 is 12.2 Å². The quantitative estimate of drug-likeness (QED) is 0.315. The van der Waals surface area contributed by atoms with E-state index in [2.05, 4.69) is 15.4 Å². The van der Waals surface area contributed by atoms with Crippen molar-refractivity contribution in [3.8, 4) is 23.1 Å². The third-order valence-corrected chi connectivity index (χ3v) is 5.05. The van der Waals surface area contributed by atoms with Crippen LogP contribution in [0.4, 0.5) is 23.2 Å². The number of nitrogens with one attached hydrogen (secondary N) is 1. The van der Waals surface area contributed by atoms with E-state index in [1.165, 1.54) is 41.1 Å². The van der Waals surface area contributed by atoms with Crippen molar-refractivity contribution < 1.29 is 27.1 Å². The lowest BCUT2D eigenvalue weighted by atomic mass is 10.1. The number of alkyl halides is 3. The van der Waals surface area contributed by atoms with Crippen molar-refractivity contribution in [1.29, 1.82) is 0 Å². The van der Waals surface area contributed by atoms with E-state index in [1.54, 1.807) is 38.1 Å². The third kappa shape index (κ3) is 6.07. The monoisotopic (exact) mass is 498 g/mol. The second kappa shape index (κ2) is 10.2. The second-order valence-electron chi connectivity index (χ2n) is 8.27. The number of hydrogen-bond donors (Lipinski definition) is 1. The summed E-state index contributed by atoms with van der Waals surface area (Å²) in [5.74, 6) is -0.494. The van der Waals surface area contributed by atoms with Gasteiger partial charge in [0.05, 0.1) is 23.8 Å². The van der Waals surface area contributed by atoms with Crippen LogP contribution >= 0.6 is 0 Å². The summed E-state index contributed by atoms with van der Waals surface area (Å²) in [6.45, 7) is 3.57. The highest BCUT2D eigenvalue weighted by atomic mass is 19.4. The van der Waals surface area contributed by atoms with Gasteiger partial charge in [-0.2, -0.15) is 18.2 Å². The van der Waals surface area contributed by atoms with Crippen molar-refractivity contribution in [2.45, 2.75) is 32.5 Å². The number of halogens is 4. The molecule has 0 saturated carbocycles. The van der Waals surface area contributed by atoms with E-state index in [0.29, 0.717) is 16.9 Å². The molecule has 1 N–H and O–H groups in total. The summed E-state index contributed by atoms with van der Waals surface area (Å²) in [5.41, 5.74) is 1.08. The Labute approximate surface area is 204 Å². The smallest absolute Gasteiger partial charge is 0.416 e. The molecule has 1 heterocycles. The van der Waals surface area contributed by atoms with Gasteiger partial charge in [0, 0.05) is 11.3 Å². The van der Waals surface area contributed by atoms with Crippen molar-refractivity contribution in [3.63, 3.8) is 0 Å². The second-order valence-corrected chi connectivity index (χ2v) is 8.27. The van der Waals surface area contributed by atoms with Crippen molar-refractivity contribution in [1.82, 2.24) is 14.8 Å². The van der Waals surface area contributed by atoms with Crippen LogP contribution in [-0.2, 0) is 17.4 Å². The number of amides is 1. The highest BCUT2D eigenvalue weighted by molar-refractivity contribution is 5.92. The average Bonchev–Trinajstić information content (AvgIpc) is 3.23. The summed E-state index contributed by atoms with van der Waals surface area (Å²) >= 11 is 0. The topological polar surface area (TPSA) is 69.0 Å². The largest absolute Gasteiger partial charge is 0.460 e. The van der Waals surface area contributed by atoms with Gasteiger partial charge in [-0.25, -0.2) is 9.07 Å². The number of anilines is 1. The minimum Gasteiger partial charge on any atom is -0.460 e. The van der Waals surface area contributed by atoms with Crippen LogP contribution in [0.3, 0.4) is 0 Å². The Bertz CT molecular complexity index is 1350. The standard InChI is InChI=1S/C26H22F4N4O2/c1-16(2)36-25-32-24(18-4-3-5-19(15-18)26(28,29)30)34(33-25)22-12-10-21(11-13-22)31-23(35)14-17-6-8-20(27)9-7-17/h3-13,15-16H,14H2,1-2H3,(H,31,35). The highest BCUT2D eigenvalue weighted by Crippen LogP contribution is 2.33. The predicted octanol–water partition coefficient (Wildman–Crippen LogP) is 6.06. The molecule has 10 heteroatoms. The molecule has 0 fully saturated rings. The van der Waals surface area contributed by atoms with E-state index in [1.807, 2.05) is 0 Å². The van der Waals surface area contributed by atoms with Crippen molar-refractivity contribution in [2.75, 3.05) is 5.32 Å². The Morgan fingerprint density at radius 2 is 1.72 bits per heavy atom. The molecule has 4 aromatic rings. The minimum absolute atomic E-state index is 0.0223. The van der Waals surface area contributed by atoms with Crippen LogP contribution in [0.2, 0.25) is 0 Å². The molecule has 6 nitrogen and oxygen atoms in total. The van der Waals surface area contributed by atoms with Crippen LogP contribution in [-0.4, -0.2) is 26.8 Å². The molecule has 4 rings (SSSR count). The van der Waals surface area contributed by atoms with Gasteiger partial charge in [0.2, 0.25) is 5.91 Å². The van der Waals surface area contributed by atoms with E-state index >= 15 is 0 Å². The molecule has 3 aromatic carbocycles. The van der Waals surface area contributed by atoms with Crippen molar-refractivity contribution in [3.05, 3.63) is 89.7 Å². The molecular weight excluding hydrogens is 476 g/mol. The summed E-state index contributed by atoms with van der Waals surface area (Å²) < 4.78 is 59.8. The number of carbonyl (C=O) groups is 1. The van der Waals surface area contributed by atoms with E-state index in [9.17, 15) is 22.4 Å². The number of aromatic nitrogens is 3. The molecule has 0 saturated heterocycles. The Hall–Kier alpha value is -4.21. The lowest BCUT2D eigenvalue weighted by Gasteiger charge is -2.10. The maximum absolute atomic E-state index is 13.3. The normalized spacial score (nSPS) is 11.5. The molecule has 0 radical (unpaired) electrons. The lowest BCUT2D eigenvalue weighted by Crippen LogP contribution is -2.14. The lowest BCUT2D eigenvalue weighted by molar-refractivity contribution is -0.137. The molecule has 0 spiro atoms. The summed E-state index contributed by atoms with van der Waals surface area (Å²) in [5, 5.41) is 7.08. The SMILES string of the molecule is CC(C)Oc1nc(-c2cccc(C(F)(F)F)c2)n(-c2ccc(NC(=O)Cc3ccc(F)cc3)cc2)n1. The fourth-order valence-electron chi connectivity index (χ4n) is 3.43. The number of nitrogens with zero attached hydrogens (tertiary/aromatic N) is 3. The van der Waals surface area contributed by atoms with Gasteiger partial charge in [0.1, 0.15) is 5.82 Å². The molecule has 36 heavy (non-hydrogen) atoms. The van der Waals surface area contributed by atoms with Crippen molar-refractivity contribution >= 4 is 11.6 Å². The summed E-state index contributed by atoms with van der Waals surface area (Å²) in [4.78, 5) is 16.6. The van der Waals surface area contributed by atoms with E-state index in [0.717, 1.165) is 12.1 Å². The Kier molecular flexibility index (Phi) is 7.05. The van der Waals surface area contributed by atoms with Gasteiger partial charge < -0.3 is 10.1 Å². The zero-order valence-electron chi connectivity index (χ0n) is 19.4. The van der Waals surface area contributed by atoms with E-state index < -0.39 is 11.7 Å². The summed E-state index contributed by atoms with van der Waals surface area (Å²) in [7, 11) is 0. The number of rotatable bonds is 7. The molecule has 186 valence electrons. The van der Waals surface area contributed by atoms with Crippen LogP contribution in [0, 0.1) is 5.82 Å². The molecule has 0 aliphatic carbocycles. The molecule has 1 amide bonds. The molecule has 0 atom stereocenters. The number of carbonyl (C=O) groups excluding carboxylic acids is 1. The molecular formula is C26H22F4N4O2. The van der Waals surface area contributed by atoms with Gasteiger partial charge in [-0.15, -0.1) is 5.10 Å². The predicted molar refractivity (Wildman–Crippen MR) is 126 cm³/mol. The van der Waals surface area contributed by atoms with Gasteiger partial charge in [-0.1, -0.05) is 24.3 Å². The van der Waals surface area contributed by atoms with Crippen LogP contribution in [0.15, 0.2) is 72.8 Å². The maximum Gasteiger partial charge on any atom is 0.416 e. The first-order chi connectivity index (χ1) is 17.1. The van der Waals surface area contributed by atoms with E-state index in [-0.39, 0.29) is 41.6 Å². The zero-order chi connectivity index (χ0) is 25.9. The first kappa shape index (κ1) is 24.9. The van der Waals surface area contributed by atoms with Gasteiger partial charge in [-0.3, -0.25) is 4.79 Å². The molecule has 0 bridgehead atoms. The maximum atomic E-state index is 13.3. The minimum atomic E-state index is -4.51. The molecule has 0 aliphatic rings. The van der Waals surface area contributed by atoms with E-state index in [4.69, 9.17) is 4.74 Å². The Morgan fingerprint density at radius 1 is 1.03 bits per heavy atom. The fourth-order valence-corrected chi connectivity index (χ4v) is 3.43. The first-order valence-corrected chi connectivity index (χ1v) is 11.0. The van der Waals surface area contributed by atoms with Crippen LogP contribution in [0.25, 0.3) is 17.1 Å². The third-order valence-electron chi connectivity index (χ3n) is 5.05. The number of benzene rings is 3. The summed E-state index contributed by atoms with van der Waals surface area (Å²) in [6, 6.07) is 17.1. The van der Waals surface area contributed by atoms with Gasteiger partial charge in [-0.05, 0) is 67.9 Å². The molecule has 0 unspecified atom stereocenters. The van der Waals surface area contributed by atoms with Crippen LogP contribution in [0.5, 0.6) is 6.01 Å². The van der Waals surface area contributed by atoms with Crippen molar-refractivity contribution in [2.24, 2.45) is 0 Å². The number of hydrogen-bond acceptors (Lipinski definition) is 4. The average molecular weight is 498 g/mol. The molecule has 0 aliphatic heterocycles. The first-order valence-electron chi connectivity index (χ1n) is 11.0. The van der Waals surface area contributed by atoms with Crippen LogP contribution in [0.1, 0.15) is 25.0 Å². The van der Waals surface area contributed by atoms with Crippen LogP contribution < -0.4 is 10.1 Å². The molecule has 1 aromatic heterocycles.